The quantitative estimate of drug-likeness (QED) is 0.584. The highest BCUT2D eigenvalue weighted by atomic mass is 15.3. The summed E-state index contributed by atoms with van der Waals surface area (Å²) in [5.74, 6) is 0. The molecule has 21 heavy (non-hydrogen) atoms. The van der Waals surface area contributed by atoms with E-state index in [1.54, 1.807) is 0 Å². The minimum atomic E-state index is 0.905. The molecular weight excluding hydrogens is 258 g/mol. The largest absolute Gasteiger partial charge is 0.397 e. The Morgan fingerprint density at radius 2 is 1.57 bits per heavy atom. The monoisotopic (exact) mass is 289 g/mol. The van der Waals surface area contributed by atoms with Gasteiger partial charge in [-0.3, -0.25) is 4.90 Å². The smallest absolute Gasteiger partial charge is 0.0600 e. The van der Waals surface area contributed by atoms with Gasteiger partial charge in [0.2, 0.25) is 0 Å². The molecule has 3 nitrogen and oxygen atoms in total. The number of nitrogens with zero attached hydrogens (tertiary/aromatic N) is 2. The maximum Gasteiger partial charge on any atom is 0.0600 e. The van der Waals surface area contributed by atoms with Gasteiger partial charge in [0.05, 0.1) is 11.4 Å². The number of piperazine rings is 1. The van der Waals surface area contributed by atoms with Gasteiger partial charge < -0.3 is 10.6 Å². The Morgan fingerprint density at radius 1 is 0.905 bits per heavy atom. The van der Waals surface area contributed by atoms with Crippen LogP contribution in [0, 0.1) is 0 Å². The fourth-order valence-corrected chi connectivity index (χ4v) is 3.10. The topological polar surface area (TPSA) is 32.5 Å². The third-order valence-electron chi connectivity index (χ3n) is 4.48. The van der Waals surface area contributed by atoms with Crippen LogP contribution < -0.4 is 10.6 Å². The second-order valence-electron chi connectivity index (χ2n) is 6.16. The second-order valence-corrected chi connectivity index (χ2v) is 6.16. The number of para-hydroxylation sites is 2. The number of anilines is 2. The number of benzene rings is 1. The maximum atomic E-state index is 6.07. The molecule has 2 N–H and O–H groups in total. The van der Waals surface area contributed by atoms with E-state index in [0.717, 1.165) is 18.8 Å². The minimum Gasteiger partial charge on any atom is -0.397 e. The van der Waals surface area contributed by atoms with Crippen molar-refractivity contribution < 1.29 is 0 Å². The molecule has 0 radical (unpaired) electrons. The average molecular weight is 289 g/mol. The van der Waals surface area contributed by atoms with Crippen LogP contribution in [0.5, 0.6) is 0 Å². The molecule has 0 atom stereocenters. The molecule has 0 aliphatic carbocycles. The van der Waals surface area contributed by atoms with Crippen molar-refractivity contribution in [3.8, 4) is 0 Å². The molecule has 0 spiro atoms. The van der Waals surface area contributed by atoms with Crippen LogP contribution in [0.15, 0.2) is 24.3 Å². The van der Waals surface area contributed by atoms with Gasteiger partial charge in [-0.25, -0.2) is 0 Å². The minimum absolute atomic E-state index is 0.905. The van der Waals surface area contributed by atoms with E-state index in [1.165, 1.54) is 63.8 Å². The molecule has 1 saturated heterocycles. The predicted octanol–water partition coefficient (Wildman–Crippen LogP) is 3.75. The molecule has 0 bridgehead atoms. The van der Waals surface area contributed by atoms with Crippen molar-refractivity contribution in [3.63, 3.8) is 0 Å². The van der Waals surface area contributed by atoms with Gasteiger partial charge in [0.25, 0.3) is 0 Å². The Bertz CT molecular complexity index is 397. The lowest BCUT2D eigenvalue weighted by atomic mass is 10.1. The molecule has 1 heterocycles. The lowest BCUT2D eigenvalue weighted by Crippen LogP contribution is -2.46. The zero-order valence-electron chi connectivity index (χ0n) is 13.6. The Balaban J connectivity index is 1.63. The number of unbranched alkanes of at least 4 members (excludes halogenated alkanes) is 5. The fraction of sp³-hybridized carbons (Fsp3) is 0.667. The van der Waals surface area contributed by atoms with Crippen molar-refractivity contribution in [1.82, 2.24) is 4.90 Å². The number of nitrogen functional groups attached to an aromatic ring is 1. The van der Waals surface area contributed by atoms with Crippen molar-refractivity contribution in [2.45, 2.75) is 45.4 Å². The Kier molecular flexibility index (Phi) is 6.87. The van der Waals surface area contributed by atoms with Crippen molar-refractivity contribution >= 4 is 11.4 Å². The lowest BCUT2D eigenvalue weighted by molar-refractivity contribution is 0.252. The van der Waals surface area contributed by atoms with Crippen LogP contribution in [0.1, 0.15) is 45.4 Å². The van der Waals surface area contributed by atoms with Crippen LogP contribution in [-0.2, 0) is 0 Å². The highest BCUT2D eigenvalue weighted by Gasteiger charge is 2.17. The van der Waals surface area contributed by atoms with Gasteiger partial charge in [0.1, 0.15) is 0 Å². The van der Waals surface area contributed by atoms with Crippen molar-refractivity contribution in [2.24, 2.45) is 0 Å². The number of rotatable bonds is 8. The summed E-state index contributed by atoms with van der Waals surface area (Å²) >= 11 is 0. The summed E-state index contributed by atoms with van der Waals surface area (Å²) < 4.78 is 0. The summed E-state index contributed by atoms with van der Waals surface area (Å²) in [6.07, 6.45) is 8.32. The molecule has 1 aromatic rings. The average Bonchev–Trinajstić information content (AvgIpc) is 2.52. The maximum absolute atomic E-state index is 6.07. The Labute approximate surface area is 130 Å². The van der Waals surface area contributed by atoms with Crippen LogP contribution in [-0.4, -0.2) is 37.6 Å². The molecule has 1 fully saturated rings. The Hall–Kier alpha value is -1.22. The molecule has 2 rings (SSSR count). The van der Waals surface area contributed by atoms with Gasteiger partial charge in [-0.05, 0) is 25.1 Å². The molecule has 118 valence electrons. The van der Waals surface area contributed by atoms with E-state index in [0.29, 0.717) is 0 Å². The summed E-state index contributed by atoms with van der Waals surface area (Å²) in [6, 6.07) is 8.22. The van der Waals surface area contributed by atoms with Gasteiger partial charge in [-0.1, -0.05) is 51.2 Å². The second kappa shape index (κ2) is 8.93. The third-order valence-corrected chi connectivity index (χ3v) is 4.48. The first-order valence-corrected chi connectivity index (χ1v) is 8.63. The summed E-state index contributed by atoms with van der Waals surface area (Å²) in [5.41, 5.74) is 8.18. The van der Waals surface area contributed by atoms with E-state index in [2.05, 4.69) is 28.9 Å². The van der Waals surface area contributed by atoms with E-state index in [-0.39, 0.29) is 0 Å². The molecule has 1 aliphatic heterocycles. The number of hydrogen-bond acceptors (Lipinski definition) is 3. The van der Waals surface area contributed by atoms with Gasteiger partial charge in [0.15, 0.2) is 0 Å². The van der Waals surface area contributed by atoms with E-state index in [4.69, 9.17) is 5.73 Å². The van der Waals surface area contributed by atoms with Crippen LogP contribution in [0.2, 0.25) is 0 Å². The number of nitrogens with two attached hydrogens (primary N) is 1. The van der Waals surface area contributed by atoms with Gasteiger partial charge in [-0.2, -0.15) is 0 Å². The summed E-state index contributed by atoms with van der Waals surface area (Å²) in [6.45, 7) is 8.09. The molecule has 0 amide bonds. The number of hydrogen-bond donors (Lipinski definition) is 1. The molecule has 0 saturated carbocycles. The third kappa shape index (κ3) is 5.24. The van der Waals surface area contributed by atoms with Crippen molar-refractivity contribution in [1.29, 1.82) is 0 Å². The highest BCUT2D eigenvalue weighted by Crippen LogP contribution is 2.23. The molecule has 1 aromatic carbocycles. The van der Waals surface area contributed by atoms with Crippen molar-refractivity contribution in [3.05, 3.63) is 24.3 Å². The molecule has 0 aromatic heterocycles. The van der Waals surface area contributed by atoms with Crippen LogP contribution in [0.3, 0.4) is 0 Å². The predicted molar refractivity (Wildman–Crippen MR) is 92.9 cm³/mol. The standard InChI is InChI=1S/C18H31N3/c1-2-3-4-5-6-9-12-20-13-15-21(16-14-20)18-11-8-7-10-17(18)19/h7-8,10-11H,2-6,9,12-16,19H2,1H3. The first kappa shape index (κ1) is 16.2. The SMILES string of the molecule is CCCCCCCCN1CCN(c2ccccc2N)CC1. The van der Waals surface area contributed by atoms with Crippen LogP contribution in [0.25, 0.3) is 0 Å². The molecule has 3 heteroatoms. The first-order chi connectivity index (χ1) is 10.3. The van der Waals surface area contributed by atoms with Crippen LogP contribution in [0.4, 0.5) is 11.4 Å². The Morgan fingerprint density at radius 3 is 2.29 bits per heavy atom. The fourth-order valence-electron chi connectivity index (χ4n) is 3.10. The van der Waals surface area contributed by atoms with Gasteiger partial charge >= 0.3 is 0 Å². The lowest BCUT2D eigenvalue weighted by Gasteiger charge is -2.36. The highest BCUT2D eigenvalue weighted by molar-refractivity contribution is 5.67. The zero-order valence-corrected chi connectivity index (χ0v) is 13.6. The van der Waals surface area contributed by atoms with Crippen LogP contribution >= 0.6 is 0 Å². The summed E-state index contributed by atoms with van der Waals surface area (Å²) in [5, 5.41) is 0. The summed E-state index contributed by atoms with van der Waals surface area (Å²) in [4.78, 5) is 5.03. The zero-order chi connectivity index (χ0) is 14.9. The molecule has 0 unspecified atom stereocenters. The summed E-state index contributed by atoms with van der Waals surface area (Å²) in [7, 11) is 0. The van der Waals surface area contributed by atoms with Crippen molar-refractivity contribution in [2.75, 3.05) is 43.4 Å². The first-order valence-electron chi connectivity index (χ1n) is 8.63. The van der Waals surface area contributed by atoms with E-state index in [9.17, 15) is 0 Å². The normalized spacial score (nSPS) is 16.3. The van der Waals surface area contributed by atoms with E-state index in [1.807, 2.05) is 12.1 Å². The molecule has 1 aliphatic rings. The molecular formula is C18H31N3. The van der Waals surface area contributed by atoms with Gasteiger partial charge in [0, 0.05) is 26.2 Å². The van der Waals surface area contributed by atoms with E-state index < -0.39 is 0 Å². The van der Waals surface area contributed by atoms with Gasteiger partial charge in [-0.15, -0.1) is 0 Å². The van der Waals surface area contributed by atoms with E-state index >= 15 is 0 Å².